The summed E-state index contributed by atoms with van der Waals surface area (Å²) < 4.78 is 26.8. The second-order valence-electron chi connectivity index (χ2n) is 4.96. The van der Waals surface area contributed by atoms with E-state index in [1.807, 2.05) is 0 Å². The highest BCUT2D eigenvalue weighted by Gasteiger charge is 2.11. The number of carbonyl (C=O) groups is 1. The summed E-state index contributed by atoms with van der Waals surface area (Å²) in [7, 11) is 0. The molecule has 0 aliphatic rings. The standard InChI is InChI=1S/C17H15F2N3O3/c18-13-4-3-5-14(19)12(13)8-9-17(23)21-11-10-20-15-6-1-2-7-16(15)22(24)25/h1-9,20H,10-11H2,(H,21,23)/b9-8+. The Balaban J connectivity index is 1.83. The highest BCUT2D eigenvalue weighted by molar-refractivity contribution is 5.91. The largest absolute Gasteiger partial charge is 0.378 e. The molecule has 2 aromatic rings. The molecule has 2 rings (SSSR count). The van der Waals surface area contributed by atoms with Gasteiger partial charge in [-0.15, -0.1) is 0 Å². The molecule has 25 heavy (non-hydrogen) atoms. The number of halogens is 2. The van der Waals surface area contributed by atoms with Crippen molar-refractivity contribution >= 4 is 23.4 Å². The van der Waals surface area contributed by atoms with Crippen LogP contribution in [0.15, 0.2) is 48.5 Å². The molecule has 0 aliphatic carbocycles. The Morgan fingerprint density at radius 2 is 1.76 bits per heavy atom. The van der Waals surface area contributed by atoms with Crippen molar-refractivity contribution in [2.24, 2.45) is 0 Å². The van der Waals surface area contributed by atoms with E-state index in [1.165, 1.54) is 12.1 Å². The average Bonchev–Trinajstić information content (AvgIpc) is 2.58. The highest BCUT2D eigenvalue weighted by atomic mass is 19.1. The number of hydrogen-bond donors (Lipinski definition) is 2. The number of amides is 1. The van der Waals surface area contributed by atoms with Crippen molar-refractivity contribution in [3.8, 4) is 0 Å². The molecule has 6 nitrogen and oxygen atoms in total. The van der Waals surface area contributed by atoms with Crippen LogP contribution in [0.1, 0.15) is 5.56 Å². The second kappa shape index (κ2) is 8.53. The van der Waals surface area contributed by atoms with Gasteiger partial charge in [0.15, 0.2) is 0 Å². The van der Waals surface area contributed by atoms with Crippen molar-refractivity contribution in [2.75, 3.05) is 18.4 Å². The van der Waals surface area contributed by atoms with Crippen molar-refractivity contribution in [3.05, 3.63) is 75.9 Å². The Hall–Kier alpha value is -3.29. The molecule has 0 heterocycles. The summed E-state index contributed by atoms with van der Waals surface area (Å²) >= 11 is 0. The summed E-state index contributed by atoms with van der Waals surface area (Å²) in [6.45, 7) is 0.424. The minimum atomic E-state index is -0.762. The third kappa shape index (κ3) is 5.10. The zero-order chi connectivity index (χ0) is 18.2. The molecule has 0 aromatic heterocycles. The Kier molecular flexibility index (Phi) is 6.16. The van der Waals surface area contributed by atoms with Gasteiger partial charge in [0.2, 0.25) is 5.91 Å². The van der Waals surface area contributed by atoms with Gasteiger partial charge in [-0.3, -0.25) is 14.9 Å². The van der Waals surface area contributed by atoms with E-state index in [4.69, 9.17) is 0 Å². The number of nitrogens with zero attached hydrogens (tertiary/aromatic N) is 1. The Morgan fingerprint density at radius 3 is 2.44 bits per heavy atom. The third-order valence-electron chi connectivity index (χ3n) is 3.24. The molecule has 0 fully saturated rings. The number of carbonyl (C=O) groups excluding carboxylic acids is 1. The molecule has 0 atom stereocenters. The smallest absolute Gasteiger partial charge is 0.292 e. The summed E-state index contributed by atoms with van der Waals surface area (Å²) in [5, 5.41) is 16.2. The molecule has 0 unspecified atom stereocenters. The molecule has 0 radical (unpaired) electrons. The molecule has 130 valence electrons. The second-order valence-corrected chi connectivity index (χ2v) is 4.96. The van der Waals surface area contributed by atoms with Crippen molar-refractivity contribution in [1.29, 1.82) is 0 Å². The van der Waals surface area contributed by atoms with Crippen LogP contribution >= 0.6 is 0 Å². The molecule has 2 aromatic carbocycles. The number of hydrogen-bond acceptors (Lipinski definition) is 4. The first-order valence-corrected chi connectivity index (χ1v) is 7.36. The molecule has 0 aliphatic heterocycles. The van der Waals surface area contributed by atoms with E-state index in [1.54, 1.807) is 18.2 Å². The van der Waals surface area contributed by atoms with Gasteiger partial charge in [0.25, 0.3) is 5.69 Å². The van der Waals surface area contributed by atoms with Crippen LogP contribution in [-0.4, -0.2) is 23.9 Å². The highest BCUT2D eigenvalue weighted by Crippen LogP contribution is 2.22. The van der Waals surface area contributed by atoms with Crippen LogP contribution < -0.4 is 10.6 Å². The molecule has 1 amide bonds. The van der Waals surface area contributed by atoms with Gasteiger partial charge in [-0.1, -0.05) is 18.2 Å². The van der Waals surface area contributed by atoms with Crippen LogP contribution in [0.2, 0.25) is 0 Å². The maximum Gasteiger partial charge on any atom is 0.292 e. The van der Waals surface area contributed by atoms with E-state index in [0.29, 0.717) is 5.69 Å². The van der Waals surface area contributed by atoms with Gasteiger partial charge in [-0.25, -0.2) is 8.78 Å². The summed E-state index contributed by atoms with van der Waals surface area (Å²) in [4.78, 5) is 22.0. The SMILES string of the molecule is O=C(/C=C/c1c(F)cccc1F)NCCNc1ccccc1[N+](=O)[O-]. The number of para-hydroxylation sites is 2. The number of nitro groups is 1. The number of anilines is 1. The van der Waals surface area contributed by atoms with Gasteiger partial charge in [0.1, 0.15) is 17.3 Å². The third-order valence-corrected chi connectivity index (χ3v) is 3.24. The summed E-state index contributed by atoms with van der Waals surface area (Å²) in [5.74, 6) is -2.06. The van der Waals surface area contributed by atoms with Gasteiger partial charge in [-0.2, -0.15) is 0 Å². The predicted octanol–water partition coefficient (Wildman–Crippen LogP) is 3.11. The summed E-state index contributed by atoms with van der Waals surface area (Å²) in [6.07, 6.45) is 2.07. The number of benzene rings is 2. The van der Waals surface area contributed by atoms with Crippen LogP contribution in [-0.2, 0) is 4.79 Å². The first-order chi connectivity index (χ1) is 12.0. The fraction of sp³-hybridized carbons (Fsp3) is 0.118. The van der Waals surface area contributed by atoms with E-state index < -0.39 is 22.5 Å². The van der Waals surface area contributed by atoms with Gasteiger partial charge >= 0.3 is 0 Å². The fourth-order valence-electron chi connectivity index (χ4n) is 2.05. The molecule has 0 spiro atoms. The van der Waals surface area contributed by atoms with Crippen LogP contribution in [0.25, 0.3) is 6.08 Å². The minimum absolute atomic E-state index is 0.0660. The lowest BCUT2D eigenvalue weighted by molar-refractivity contribution is -0.384. The molecule has 0 bridgehead atoms. The van der Waals surface area contributed by atoms with Crippen molar-refractivity contribution in [1.82, 2.24) is 5.32 Å². The van der Waals surface area contributed by atoms with Crippen LogP contribution in [0.4, 0.5) is 20.2 Å². The number of nitrogens with one attached hydrogen (secondary N) is 2. The zero-order valence-corrected chi connectivity index (χ0v) is 13.0. The lowest BCUT2D eigenvalue weighted by atomic mass is 10.2. The van der Waals surface area contributed by atoms with Crippen LogP contribution in [0, 0.1) is 21.7 Å². The van der Waals surface area contributed by atoms with Gasteiger partial charge in [0, 0.05) is 30.8 Å². The lowest BCUT2D eigenvalue weighted by Gasteiger charge is -2.07. The van der Waals surface area contributed by atoms with Gasteiger partial charge in [0.05, 0.1) is 4.92 Å². The normalized spacial score (nSPS) is 10.6. The maximum atomic E-state index is 13.4. The van der Waals surface area contributed by atoms with Crippen molar-refractivity contribution < 1.29 is 18.5 Å². The Labute approximate surface area is 142 Å². The van der Waals surface area contributed by atoms with E-state index in [9.17, 15) is 23.7 Å². The van der Waals surface area contributed by atoms with E-state index >= 15 is 0 Å². The predicted molar refractivity (Wildman–Crippen MR) is 90.0 cm³/mol. The average molecular weight is 347 g/mol. The van der Waals surface area contributed by atoms with E-state index in [-0.39, 0.29) is 24.3 Å². The molecular weight excluding hydrogens is 332 g/mol. The van der Waals surface area contributed by atoms with E-state index in [2.05, 4.69) is 10.6 Å². The monoisotopic (exact) mass is 347 g/mol. The fourth-order valence-corrected chi connectivity index (χ4v) is 2.05. The van der Waals surface area contributed by atoms with Gasteiger partial charge in [-0.05, 0) is 24.3 Å². The number of nitro benzene ring substituents is 1. The first-order valence-electron chi connectivity index (χ1n) is 7.36. The summed E-state index contributed by atoms with van der Waals surface area (Å²) in [5.41, 5.74) is -0.0230. The quantitative estimate of drug-likeness (QED) is 0.349. The van der Waals surface area contributed by atoms with Crippen LogP contribution in [0.3, 0.4) is 0 Å². The lowest BCUT2D eigenvalue weighted by Crippen LogP contribution is -2.27. The maximum absolute atomic E-state index is 13.4. The molecule has 0 saturated heterocycles. The van der Waals surface area contributed by atoms with Crippen molar-refractivity contribution in [2.45, 2.75) is 0 Å². The first kappa shape index (κ1) is 18.1. The molecular formula is C17H15F2N3O3. The number of rotatable bonds is 7. The topological polar surface area (TPSA) is 84.3 Å². The Bertz CT molecular complexity index is 789. The molecule has 0 saturated carbocycles. The Morgan fingerprint density at radius 1 is 1.08 bits per heavy atom. The van der Waals surface area contributed by atoms with E-state index in [0.717, 1.165) is 24.3 Å². The van der Waals surface area contributed by atoms with Crippen LogP contribution in [0.5, 0.6) is 0 Å². The minimum Gasteiger partial charge on any atom is -0.378 e. The van der Waals surface area contributed by atoms with Crippen molar-refractivity contribution in [3.63, 3.8) is 0 Å². The summed E-state index contributed by atoms with van der Waals surface area (Å²) in [6, 6.07) is 9.55. The molecule has 8 heteroatoms. The molecule has 2 N–H and O–H groups in total. The zero-order valence-electron chi connectivity index (χ0n) is 13.0. The van der Waals surface area contributed by atoms with Gasteiger partial charge < -0.3 is 10.6 Å².